The molecular weight excluding hydrogens is 280 g/mol. The van der Waals surface area contributed by atoms with Crippen LogP contribution in [0.15, 0.2) is 52.7 Å². The predicted molar refractivity (Wildman–Crippen MR) is 94.2 cm³/mol. The first-order valence-electron chi connectivity index (χ1n) is 7.30. The summed E-state index contributed by atoms with van der Waals surface area (Å²) in [7, 11) is 0. The van der Waals surface area contributed by atoms with Gasteiger partial charge in [-0.15, -0.1) is 0 Å². The molecule has 0 aliphatic heterocycles. The van der Waals surface area contributed by atoms with E-state index in [2.05, 4.69) is 25.4 Å². The molecule has 1 atom stereocenters. The molecule has 0 radical (unpaired) electrons. The molecule has 1 unspecified atom stereocenters. The fourth-order valence-corrected chi connectivity index (χ4v) is 2.45. The third-order valence-electron chi connectivity index (χ3n) is 3.38. The molecule has 2 N–H and O–H groups in total. The third kappa shape index (κ3) is 4.75. The van der Waals surface area contributed by atoms with Gasteiger partial charge in [0.2, 0.25) is 0 Å². The van der Waals surface area contributed by atoms with Gasteiger partial charge in [0.05, 0.1) is 5.71 Å². The Morgan fingerprint density at radius 1 is 1.29 bits per heavy atom. The zero-order valence-corrected chi connectivity index (χ0v) is 14.2. The standard InChI is InChI=1S/C18H25ClN2/c1-6-11-21-18(12(2)3)17(14(5)20)13(4)15-7-9-16(19)10-8-15/h7-10,13H,2,6,11,20H2,1,3-5H3. The van der Waals surface area contributed by atoms with Crippen LogP contribution in [0, 0.1) is 0 Å². The van der Waals surface area contributed by atoms with Gasteiger partial charge in [-0.1, -0.05) is 44.2 Å². The van der Waals surface area contributed by atoms with Crippen molar-refractivity contribution < 1.29 is 0 Å². The first-order valence-corrected chi connectivity index (χ1v) is 7.68. The van der Waals surface area contributed by atoms with Crippen LogP contribution in [-0.2, 0) is 0 Å². The van der Waals surface area contributed by atoms with E-state index in [1.807, 2.05) is 38.1 Å². The molecule has 21 heavy (non-hydrogen) atoms. The summed E-state index contributed by atoms with van der Waals surface area (Å²) in [4.78, 5) is 4.68. The van der Waals surface area contributed by atoms with Gasteiger partial charge in [-0.3, -0.25) is 4.99 Å². The molecule has 0 amide bonds. The molecule has 0 saturated carbocycles. The average molecular weight is 305 g/mol. The maximum Gasteiger partial charge on any atom is 0.0652 e. The SMILES string of the molecule is C=C(C)C(=NCCC)C(=C(C)N)C(C)c1ccc(Cl)cc1. The summed E-state index contributed by atoms with van der Waals surface area (Å²) in [5, 5.41) is 0.737. The Balaban J connectivity index is 3.26. The molecule has 2 nitrogen and oxygen atoms in total. The molecule has 0 aliphatic rings. The number of allylic oxidation sites excluding steroid dienone is 3. The van der Waals surface area contributed by atoms with Gasteiger partial charge in [-0.05, 0) is 43.5 Å². The Morgan fingerprint density at radius 3 is 2.29 bits per heavy atom. The summed E-state index contributed by atoms with van der Waals surface area (Å²) in [6.45, 7) is 13.0. The maximum absolute atomic E-state index is 6.15. The van der Waals surface area contributed by atoms with Crippen LogP contribution < -0.4 is 5.73 Å². The molecule has 1 rings (SSSR count). The Hall–Kier alpha value is -1.54. The van der Waals surface area contributed by atoms with Gasteiger partial charge in [0, 0.05) is 28.8 Å². The minimum Gasteiger partial charge on any atom is -0.402 e. The van der Waals surface area contributed by atoms with Crippen molar-refractivity contribution in [2.24, 2.45) is 10.7 Å². The highest BCUT2D eigenvalue weighted by atomic mass is 35.5. The number of benzene rings is 1. The van der Waals surface area contributed by atoms with Crippen LogP contribution in [0.5, 0.6) is 0 Å². The van der Waals surface area contributed by atoms with Crippen molar-refractivity contribution in [2.75, 3.05) is 6.54 Å². The van der Waals surface area contributed by atoms with Gasteiger partial charge in [-0.25, -0.2) is 0 Å². The molecule has 0 spiro atoms. The Bertz CT molecular complexity index is 549. The summed E-state index contributed by atoms with van der Waals surface area (Å²) < 4.78 is 0. The monoisotopic (exact) mass is 304 g/mol. The lowest BCUT2D eigenvalue weighted by atomic mass is 9.86. The van der Waals surface area contributed by atoms with E-state index in [9.17, 15) is 0 Å². The second kappa shape index (κ2) is 8.04. The van der Waals surface area contributed by atoms with Crippen LogP contribution in [-0.4, -0.2) is 12.3 Å². The van der Waals surface area contributed by atoms with Gasteiger partial charge in [0.15, 0.2) is 0 Å². The second-order valence-corrected chi connectivity index (χ2v) is 5.82. The zero-order valence-electron chi connectivity index (χ0n) is 13.4. The number of nitrogens with zero attached hydrogens (tertiary/aromatic N) is 1. The topological polar surface area (TPSA) is 38.4 Å². The number of aliphatic imine (C=N–C) groups is 1. The summed E-state index contributed by atoms with van der Waals surface area (Å²) in [6.07, 6.45) is 1.00. The number of hydrogen-bond donors (Lipinski definition) is 1. The molecule has 0 aliphatic carbocycles. The normalized spacial score (nSPS) is 14.6. The lowest BCUT2D eigenvalue weighted by Crippen LogP contribution is -2.16. The van der Waals surface area contributed by atoms with Crippen molar-refractivity contribution in [2.45, 2.75) is 40.0 Å². The van der Waals surface area contributed by atoms with Crippen molar-refractivity contribution in [3.63, 3.8) is 0 Å². The van der Waals surface area contributed by atoms with Crippen molar-refractivity contribution in [3.05, 3.63) is 58.3 Å². The molecule has 0 bridgehead atoms. The van der Waals surface area contributed by atoms with E-state index in [1.54, 1.807) is 0 Å². The number of nitrogens with two attached hydrogens (primary N) is 1. The molecule has 3 heteroatoms. The van der Waals surface area contributed by atoms with Gasteiger partial charge < -0.3 is 5.73 Å². The van der Waals surface area contributed by atoms with Gasteiger partial charge in [-0.2, -0.15) is 0 Å². The van der Waals surface area contributed by atoms with E-state index in [-0.39, 0.29) is 5.92 Å². The van der Waals surface area contributed by atoms with Crippen molar-refractivity contribution in [1.29, 1.82) is 0 Å². The molecule has 0 fully saturated rings. The van der Waals surface area contributed by atoms with E-state index < -0.39 is 0 Å². The maximum atomic E-state index is 6.15. The third-order valence-corrected chi connectivity index (χ3v) is 3.63. The lowest BCUT2D eigenvalue weighted by molar-refractivity contribution is 0.893. The smallest absolute Gasteiger partial charge is 0.0652 e. The first-order chi connectivity index (χ1) is 9.88. The quantitative estimate of drug-likeness (QED) is 0.729. The fraction of sp³-hybridized carbons (Fsp3) is 0.389. The summed E-state index contributed by atoms with van der Waals surface area (Å²) in [5.74, 6) is 0.152. The molecule has 0 saturated heterocycles. The van der Waals surface area contributed by atoms with Gasteiger partial charge in [0.1, 0.15) is 0 Å². The summed E-state index contributed by atoms with van der Waals surface area (Å²) in [5.41, 5.74) is 11.0. The van der Waals surface area contributed by atoms with E-state index in [1.165, 1.54) is 5.56 Å². The fourth-order valence-electron chi connectivity index (χ4n) is 2.33. The van der Waals surface area contributed by atoms with E-state index in [4.69, 9.17) is 17.3 Å². The van der Waals surface area contributed by atoms with Crippen molar-refractivity contribution in [1.82, 2.24) is 0 Å². The Labute approximate surface area is 133 Å². The molecule has 1 aromatic carbocycles. The highest BCUT2D eigenvalue weighted by molar-refractivity contribution is 6.30. The predicted octanol–water partition coefficient (Wildman–Crippen LogP) is 5.10. The van der Waals surface area contributed by atoms with Crippen LogP contribution in [0.4, 0.5) is 0 Å². The zero-order chi connectivity index (χ0) is 16.0. The highest BCUT2D eigenvalue weighted by Gasteiger charge is 2.19. The summed E-state index contributed by atoms with van der Waals surface area (Å²) in [6, 6.07) is 7.87. The number of halogens is 1. The van der Waals surface area contributed by atoms with Gasteiger partial charge >= 0.3 is 0 Å². The van der Waals surface area contributed by atoms with E-state index >= 15 is 0 Å². The van der Waals surface area contributed by atoms with Gasteiger partial charge in [0.25, 0.3) is 0 Å². The Morgan fingerprint density at radius 2 is 1.86 bits per heavy atom. The van der Waals surface area contributed by atoms with E-state index in [0.29, 0.717) is 0 Å². The van der Waals surface area contributed by atoms with Crippen molar-refractivity contribution >= 4 is 17.3 Å². The molecule has 0 aromatic heterocycles. The molecular formula is C18H25ClN2. The number of rotatable bonds is 6. The average Bonchev–Trinajstić information content (AvgIpc) is 2.42. The second-order valence-electron chi connectivity index (χ2n) is 5.38. The number of hydrogen-bond acceptors (Lipinski definition) is 2. The van der Waals surface area contributed by atoms with Crippen molar-refractivity contribution in [3.8, 4) is 0 Å². The molecule has 0 heterocycles. The van der Waals surface area contributed by atoms with Crippen LogP contribution in [0.25, 0.3) is 0 Å². The minimum atomic E-state index is 0.152. The van der Waals surface area contributed by atoms with Crippen LogP contribution in [0.3, 0.4) is 0 Å². The van der Waals surface area contributed by atoms with E-state index in [0.717, 1.165) is 40.5 Å². The molecule has 114 valence electrons. The minimum absolute atomic E-state index is 0.152. The van der Waals surface area contributed by atoms with Crippen LogP contribution >= 0.6 is 11.6 Å². The van der Waals surface area contributed by atoms with Crippen LogP contribution in [0.1, 0.15) is 45.6 Å². The Kier molecular flexibility index (Phi) is 6.70. The summed E-state index contributed by atoms with van der Waals surface area (Å²) >= 11 is 5.97. The lowest BCUT2D eigenvalue weighted by Gasteiger charge is -2.21. The largest absolute Gasteiger partial charge is 0.402 e. The first kappa shape index (κ1) is 17.5. The molecule has 1 aromatic rings. The highest BCUT2D eigenvalue weighted by Crippen LogP contribution is 2.29. The van der Waals surface area contributed by atoms with Crippen LogP contribution in [0.2, 0.25) is 5.02 Å².